The Labute approximate surface area is 176 Å². The summed E-state index contributed by atoms with van der Waals surface area (Å²) in [6.07, 6.45) is 3.64. The van der Waals surface area contributed by atoms with E-state index in [1.165, 1.54) is 0 Å². The van der Waals surface area contributed by atoms with Crippen LogP contribution in [0, 0.1) is 5.92 Å². The highest BCUT2D eigenvalue weighted by Gasteiger charge is 2.26. The molecule has 6 heteroatoms. The number of carbonyl (C=O) groups is 1. The summed E-state index contributed by atoms with van der Waals surface area (Å²) in [6.45, 7) is 2.08. The molecule has 30 heavy (non-hydrogen) atoms. The normalized spacial score (nSPS) is 16.2. The summed E-state index contributed by atoms with van der Waals surface area (Å²) in [5.74, 6) is 2.43. The topological polar surface area (TPSA) is 67.3 Å². The summed E-state index contributed by atoms with van der Waals surface area (Å²) >= 11 is 0. The largest absolute Gasteiger partial charge is 0.497 e. The van der Waals surface area contributed by atoms with Crippen molar-refractivity contribution in [2.75, 3.05) is 25.1 Å². The van der Waals surface area contributed by atoms with Crippen molar-refractivity contribution >= 4 is 11.7 Å². The molecule has 154 valence electrons. The van der Waals surface area contributed by atoms with Gasteiger partial charge in [-0.3, -0.25) is 4.79 Å². The molecular weight excluding hydrogens is 376 g/mol. The highest BCUT2D eigenvalue weighted by atomic mass is 16.5. The minimum Gasteiger partial charge on any atom is -0.497 e. The predicted molar refractivity (Wildman–Crippen MR) is 117 cm³/mol. The zero-order valence-electron chi connectivity index (χ0n) is 17.1. The van der Waals surface area contributed by atoms with Gasteiger partial charge in [0.25, 0.3) is 0 Å². The maximum absolute atomic E-state index is 12.8. The second kappa shape index (κ2) is 9.39. The van der Waals surface area contributed by atoms with E-state index in [-0.39, 0.29) is 11.8 Å². The summed E-state index contributed by atoms with van der Waals surface area (Å²) < 4.78 is 5.18. The standard InChI is InChI=1S/C24H26N4O2/c1-30-21-11-9-18(10-12-21)16-26-24(29)20-8-5-15-28(17-20)22-13-14-25-23(27-22)19-6-3-2-4-7-19/h2-4,6-7,9-14,20H,5,8,15-17H2,1H3,(H,26,29). The van der Waals surface area contributed by atoms with Crippen molar-refractivity contribution in [3.8, 4) is 17.1 Å². The number of benzene rings is 2. The lowest BCUT2D eigenvalue weighted by molar-refractivity contribution is -0.125. The van der Waals surface area contributed by atoms with Gasteiger partial charge in [0, 0.05) is 31.4 Å². The van der Waals surface area contributed by atoms with Crippen molar-refractivity contribution in [2.45, 2.75) is 19.4 Å². The number of aromatic nitrogens is 2. The van der Waals surface area contributed by atoms with E-state index in [4.69, 9.17) is 9.72 Å². The van der Waals surface area contributed by atoms with Crippen LogP contribution in [0.15, 0.2) is 66.9 Å². The number of amides is 1. The third-order valence-electron chi connectivity index (χ3n) is 5.41. The van der Waals surface area contributed by atoms with Crippen LogP contribution in [0.3, 0.4) is 0 Å². The minimum absolute atomic E-state index is 0.0489. The lowest BCUT2D eigenvalue weighted by atomic mass is 9.97. The lowest BCUT2D eigenvalue weighted by Gasteiger charge is -2.33. The van der Waals surface area contributed by atoms with E-state index in [1.807, 2.05) is 60.7 Å². The van der Waals surface area contributed by atoms with Gasteiger partial charge in [0.2, 0.25) is 5.91 Å². The first-order valence-corrected chi connectivity index (χ1v) is 10.3. The van der Waals surface area contributed by atoms with E-state index in [0.717, 1.165) is 42.1 Å². The summed E-state index contributed by atoms with van der Waals surface area (Å²) in [5, 5.41) is 3.08. The van der Waals surface area contributed by atoms with Gasteiger partial charge in [-0.1, -0.05) is 42.5 Å². The summed E-state index contributed by atoms with van der Waals surface area (Å²) in [7, 11) is 1.64. The Bertz CT molecular complexity index is 976. The van der Waals surface area contributed by atoms with Gasteiger partial charge >= 0.3 is 0 Å². The van der Waals surface area contributed by atoms with Crippen molar-refractivity contribution in [1.29, 1.82) is 0 Å². The zero-order chi connectivity index (χ0) is 20.8. The van der Waals surface area contributed by atoms with Crippen LogP contribution < -0.4 is 15.0 Å². The molecule has 1 aliphatic heterocycles. The number of hydrogen-bond donors (Lipinski definition) is 1. The van der Waals surface area contributed by atoms with Gasteiger partial charge in [-0.25, -0.2) is 9.97 Å². The van der Waals surface area contributed by atoms with E-state index in [2.05, 4.69) is 15.2 Å². The molecule has 0 radical (unpaired) electrons. The van der Waals surface area contributed by atoms with Crippen LogP contribution in [0.25, 0.3) is 11.4 Å². The number of rotatable bonds is 6. The maximum atomic E-state index is 12.8. The van der Waals surface area contributed by atoms with Crippen molar-refractivity contribution in [1.82, 2.24) is 15.3 Å². The third kappa shape index (κ3) is 4.76. The van der Waals surface area contributed by atoms with E-state index >= 15 is 0 Å². The molecule has 1 atom stereocenters. The summed E-state index contributed by atoms with van der Waals surface area (Å²) in [4.78, 5) is 24.1. The number of methoxy groups -OCH3 is 1. The molecule has 1 unspecified atom stereocenters. The zero-order valence-corrected chi connectivity index (χ0v) is 17.1. The minimum atomic E-state index is -0.0489. The molecule has 1 saturated heterocycles. The molecule has 1 aliphatic rings. The Balaban J connectivity index is 1.38. The van der Waals surface area contributed by atoms with E-state index in [9.17, 15) is 4.79 Å². The molecule has 1 amide bonds. The van der Waals surface area contributed by atoms with Crippen LogP contribution in [0.2, 0.25) is 0 Å². The lowest BCUT2D eigenvalue weighted by Crippen LogP contribution is -2.43. The first kappa shape index (κ1) is 19.9. The molecule has 2 heterocycles. The van der Waals surface area contributed by atoms with Gasteiger partial charge in [0.05, 0.1) is 13.0 Å². The second-order valence-electron chi connectivity index (χ2n) is 7.46. The fourth-order valence-corrected chi connectivity index (χ4v) is 3.73. The van der Waals surface area contributed by atoms with Crippen molar-refractivity contribution in [3.05, 3.63) is 72.4 Å². The molecule has 1 fully saturated rings. The van der Waals surface area contributed by atoms with Crippen LogP contribution in [-0.2, 0) is 11.3 Å². The average molecular weight is 402 g/mol. The second-order valence-corrected chi connectivity index (χ2v) is 7.46. The first-order chi connectivity index (χ1) is 14.7. The fourth-order valence-electron chi connectivity index (χ4n) is 3.73. The predicted octanol–water partition coefficient (Wildman–Crippen LogP) is 3.69. The van der Waals surface area contributed by atoms with Gasteiger partial charge in [-0.15, -0.1) is 0 Å². The quantitative estimate of drug-likeness (QED) is 0.681. The Morgan fingerprint density at radius 2 is 1.93 bits per heavy atom. The average Bonchev–Trinajstić information content (AvgIpc) is 2.83. The Hall–Kier alpha value is -3.41. The number of nitrogens with zero attached hydrogens (tertiary/aromatic N) is 3. The third-order valence-corrected chi connectivity index (χ3v) is 5.41. The molecule has 4 rings (SSSR count). The number of anilines is 1. The van der Waals surface area contributed by atoms with Gasteiger partial charge in [-0.2, -0.15) is 0 Å². The number of nitrogens with one attached hydrogen (secondary N) is 1. The Morgan fingerprint density at radius 3 is 2.70 bits per heavy atom. The van der Waals surface area contributed by atoms with Crippen molar-refractivity contribution in [3.63, 3.8) is 0 Å². The van der Waals surface area contributed by atoms with Crippen molar-refractivity contribution < 1.29 is 9.53 Å². The van der Waals surface area contributed by atoms with Crippen LogP contribution in [-0.4, -0.2) is 36.1 Å². The van der Waals surface area contributed by atoms with E-state index < -0.39 is 0 Å². The molecule has 0 bridgehead atoms. The van der Waals surface area contributed by atoms with Crippen LogP contribution >= 0.6 is 0 Å². The molecule has 2 aromatic carbocycles. The number of ether oxygens (including phenoxy) is 1. The molecule has 1 N–H and O–H groups in total. The molecule has 0 aliphatic carbocycles. The fraction of sp³-hybridized carbons (Fsp3) is 0.292. The molecule has 0 saturated carbocycles. The SMILES string of the molecule is COc1ccc(CNC(=O)C2CCCN(c3ccnc(-c4ccccc4)n3)C2)cc1. The van der Waals surface area contributed by atoms with Crippen LogP contribution in [0.4, 0.5) is 5.82 Å². The number of piperidine rings is 1. The van der Waals surface area contributed by atoms with E-state index in [1.54, 1.807) is 13.3 Å². The molecule has 6 nitrogen and oxygen atoms in total. The molecule has 0 spiro atoms. The van der Waals surface area contributed by atoms with Crippen LogP contribution in [0.5, 0.6) is 5.75 Å². The van der Waals surface area contributed by atoms with Gasteiger partial charge in [0.15, 0.2) is 5.82 Å². The maximum Gasteiger partial charge on any atom is 0.225 e. The van der Waals surface area contributed by atoms with Gasteiger partial charge in [0.1, 0.15) is 11.6 Å². The highest BCUT2D eigenvalue weighted by Crippen LogP contribution is 2.24. The first-order valence-electron chi connectivity index (χ1n) is 10.3. The van der Waals surface area contributed by atoms with E-state index in [0.29, 0.717) is 18.9 Å². The number of hydrogen-bond acceptors (Lipinski definition) is 5. The monoisotopic (exact) mass is 402 g/mol. The Morgan fingerprint density at radius 1 is 1.13 bits per heavy atom. The molecular formula is C24H26N4O2. The van der Waals surface area contributed by atoms with Gasteiger partial charge < -0.3 is 15.0 Å². The van der Waals surface area contributed by atoms with Crippen molar-refractivity contribution in [2.24, 2.45) is 5.92 Å². The molecule has 3 aromatic rings. The summed E-state index contributed by atoms with van der Waals surface area (Å²) in [6, 6.07) is 19.6. The molecule has 1 aromatic heterocycles. The summed E-state index contributed by atoms with van der Waals surface area (Å²) in [5.41, 5.74) is 2.05. The van der Waals surface area contributed by atoms with Gasteiger partial charge in [-0.05, 0) is 36.6 Å². The number of carbonyl (C=O) groups excluding carboxylic acids is 1. The highest BCUT2D eigenvalue weighted by molar-refractivity contribution is 5.79. The van der Waals surface area contributed by atoms with Crippen LogP contribution in [0.1, 0.15) is 18.4 Å². The Kier molecular flexibility index (Phi) is 6.23. The smallest absolute Gasteiger partial charge is 0.225 e.